The maximum Gasteiger partial charge on any atom is 0.125 e. The Balaban J connectivity index is 1.98. The molecule has 0 aliphatic heterocycles. The minimum atomic E-state index is 0.206. The van der Waals surface area contributed by atoms with Crippen molar-refractivity contribution >= 4 is 0 Å². The van der Waals surface area contributed by atoms with Crippen LogP contribution >= 0.6 is 0 Å². The van der Waals surface area contributed by atoms with Gasteiger partial charge < -0.3 is 14.3 Å². The van der Waals surface area contributed by atoms with E-state index in [-0.39, 0.29) is 12.1 Å². The molecule has 2 heterocycles. The molecule has 0 saturated carbocycles. The van der Waals surface area contributed by atoms with Crippen molar-refractivity contribution in [2.24, 2.45) is 7.05 Å². The van der Waals surface area contributed by atoms with E-state index >= 15 is 0 Å². The maximum atomic E-state index is 5.50. The summed E-state index contributed by atoms with van der Waals surface area (Å²) >= 11 is 0. The van der Waals surface area contributed by atoms with Gasteiger partial charge in [-0.05, 0) is 33.2 Å². The van der Waals surface area contributed by atoms with Gasteiger partial charge in [0.2, 0.25) is 0 Å². The lowest BCUT2D eigenvalue weighted by atomic mass is 10.2. The number of likely N-dealkylation sites (N-methyl/N-ethyl adjacent to an activating group) is 1. The lowest BCUT2D eigenvalue weighted by molar-refractivity contribution is 0.244. The van der Waals surface area contributed by atoms with Gasteiger partial charge in [0.1, 0.15) is 11.6 Å². The molecule has 0 radical (unpaired) electrons. The van der Waals surface area contributed by atoms with E-state index in [0.29, 0.717) is 0 Å². The maximum absolute atomic E-state index is 5.50. The Kier molecular flexibility index (Phi) is 4.39. The molecule has 5 heteroatoms. The second-order valence-electron chi connectivity index (χ2n) is 5.02. The number of furan rings is 1. The van der Waals surface area contributed by atoms with Gasteiger partial charge in [0.25, 0.3) is 0 Å². The molecule has 0 aliphatic rings. The third-order valence-corrected chi connectivity index (χ3v) is 3.36. The number of hydrogen-bond donors (Lipinski definition) is 1. The van der Waals surface area contributed by atoms with E-state index in [9.17, 15) is 0 Å². The number of nitrogens with one attached hydrogen (secondary N) is 1. The average molecular weight is 262 g/mol. The van der Waals surface area contributed by atoms with Gasteiger partial charge in [0.15, 0.2) is 0 Å². The second-order valence-corrected chi connectivity index (χ2v) is 5.02. The zero-order valence-corrected chi connectivity index (χ0v) is 12.0. The highest BCUT2D eigenvalue weighted by Crippen LogP contribution is 2.19. The molecule has 2 atom stereocenters. The zero-order valence-electron chi connectivity index (χ0n) is 12.0. The molecule has 2 aromatic heterocycles. The summed E-state index contributed by atoms with van der Waals surface area (Å²) in [7, 11) is 6.12. The van der Waals surface area contributed by atoms with E-state index in [1.807, 2.05) is 36.1 Å². The van der Waals surface area contributed by atoms with E-state index in [0.717, 1.165) is 18.1 Å². The summed E-state index contributed by atoms with van der Waals surface area (Å²) in [5, 5.41) is 3.51. The largest absolute Gasteiger partial charge is 0.468 e. The second kappa shape index (κ2) is 6.04. The van der Waals surface area contributed by atoms with Crippen molar-refractivity contribution in [1.82, 2.24) is 19.8 Å². The normalized spacial score (nSPS) is 14.8. The Morgan fingerprint density at radius 2 is 2.26 bits per heavy atom. The molecule has 5 nitrogen and oxygen atoms in total. The Labute approximate surface area is 114 Å². The summed E-state index contributed by atoms with van der Waals surface area (Å²) in [5.41, 5.74) is 0. The number of imidazole rings is 1. The van der Waals surface area contributed by atoms with Crippen LogP contribution in [0.1, 0.15) is 30.6 Å². The van der Waals surface area contributed by atoms with E-state index in [2.05, 4.69) is 36.2 Å². The Bertz CT molecular complexity index is 489. The lowest BCUT2D eigenvalue weighted by Gasteiger charge is -2.24. The summed E-state index contributed by atoms with van der Waals surface area (Å²) in [6.07, 6.45) is 5.50. The third kappa shape index (κ3) is 3.24. The summed E-state index contributed by atoms with van der Waals surface area (Å²) in [4.78, 5) is 6.51. The fourth-order valence-corrected chi connectivity index (χ4v) is 2.19. The van der Waals surface area contributed by atoms with Crippen LogP contribution in [-0.2, 0) is 7.05 Å². The first-order chi connectivity index (χ1) is 9.09. The van der Waals surface area contributed by atoms with Gasteiger partial charge in [-0.15, -0.1) is 0 Å². The first kappa shape index (κ1) is 13.8. The van der Waals surface area contributed by atoms with Crippen LogP contribution in [0.15, 0.2) is 35.2 Å². The summed E-state index contributed by atoms with van der Waals surface area (Å²) in [6.45, 7) is 2.94. The molecule has 0 fully saturated rings. The molecule has 0 bridgehead atoms. The number of aromatic nitrogens is 2. The molecular weight excluding hydrogens is 240 g/mol. The van der Waals surface area contributed by atoms with Crippen LogP contribution in [0.4, 0.5) is 0 Å². The number of rotatable bonds is 6. The third-order valence-electron chi connectivity index (χ3n) is 3.36. The van der Waals surface area contributed by atoms with Gasteiger partial charge in [-0.3, -0.25) is 4.90 Å². The molecule has 2 rings (SSSR count). The van der Waals surface area contributed by atoms with Crippen molar-refractivity contribution < 1.29 is 4.42 Å². The van der Waals surface area contributed by atoms with Crippen LogP contribution in [0, 0.1) is 0 Å². The fraction of sp³-hybridized carbons (Fsp3) is 0.500. The predicted molar refractivity (Wildman–Crippen MR) is 74.8 cm³/mol. The molecule has 0 aliphatic carbocycles. The van der Waals surface area contributed by atoms with Crippen LogP contribution < -0.4 is 5.32 Å². The molecule has 0 saturated heterocycles. The smallest absolute Gasteiger partial charge is 0.125 e. The minimum absolute atomic E-state index is 0.206. The zero-order chi connectivity index (χ0) is 13.8. The lowest BCUT2D eigenvalue weighted by Crippen LogP contribution is -2.33. The van der Waals surface area contributed by atoms with Crippen molar-refractivity contribution in [1.29, 1.82) is 0 Å². The first-order valence-electron chi connectivity index (χ1n) is 6.50. The molecule has 0 spiro atoms. The van der Waals surface area contributed by atoms with Crippen molar-refractivity contribution in [2.45, 2.75) is 19.0 Å². The topological polar surface area (TPSA) is 46.2 Å². The van der Waals surface area contributed by atoms with Crippen LogP contribution in [0.2, 0.25) is 0 Å². The molecular formula is C14H22N4O. The van der Waals surface area contributed by atoms with Gasteiger partial charge >= 0.3 is 0 Å². The Hall–Kier alpha value is -1.59. The van der Waals surface area contributed by atoms with Gasteiger partial charge in [0.05, 0.1) is 18.3 Å². The van der Waals surface area contributed by atoms with Crippen LogP contribution in [0.25, 0.3) is 0 Å². The van der Waals surface area contributed by atoms with E-state index in [4.69, 9.17) is 4.42 Å². The monoisotopic (exact) mass is 262 g/mol. The first-order valence-corrected chi connectivity index (χ1v) is 6.50. The molecule has 2 unspecified atom stereocenters. The van der Waals surface area contributed by atoms with E-state index in [1.54, 1.807) is 6.26 Å². The average Bonchev–Trinajstić information content (AvgIpc) is 3.00. The molecule has 19 heavy (non-hydrogen) atoms. The van der Waals surface area contributed by atoms with Crippen molar-refractivity contribution in [3.8, 4) is 0 Å². The Morgan fingerprint density at radius 1 is 1.47 bits per heavy atom. The standard InChI is InChI=1S/C14H22N4O/c1-11(14-15-7-8-18(14)4)16-10-12(17(2)3)13-6-5-9-19-13/h5-9,11-12,16H,10H2,1-4H3. The SMILES string of the molecule is CC(NCC(c1ccco1)N(C)C)c1nccn1C. The number of nitrogens with zero attached hydrogens (tertiary/aromatic N) is 3. The van der Waals surface area contributed by atoms with Gasteiger partial charge in [-0.25, -0.2) is 4.98 Å². The van der Waals surface area contributed by atoms with Gasteiger partial charge in [0, 0.05) is 26.0 Å². The quantitative estimate of drug-likeness (QED) is 0.864. The molecule has 1 N–H and O–H groups in total. The van der Waals surface area contributed by atoms with Crippen LogP contribution in [0.5, 0.6) is 0 Å². The van der Waals surface area contributed by atoms with Crippen LogP contribution in [-0.4, -0.2) is 35.1 Å². The number of aryl methyl sites for hydroxylation is 1. The van der Waals surface area contributed by atoms with Crippen molar-refractivity contribution in [3.63, 3.8) is 0 Å². The molecule has 2 aromatic rings. The summed E-state index contributed by atoms with van der Waals surface area (Å²) in [5.74, 6) is 2.02. The Morgan fingerprint density at radius 3 is 2.79 bits per heavy atom. The van der Waals surface area contributed by atoms with Gasteiger partial charge in [-0.1, -0.05) is 0 Å². The van der Waals surface area contributed by atoms with Crippen LogP contribution in [0.3, 0.4) is 0 Å². The minimum Gasteiger partial charge on any atom is -0.468 e. The van der Waals surface area contributed by atoms with E-state index in [1.165, 1.54) is 0 Å². The highest BCUT2D eigenvalue weighted by atomic mass is 16.3. The molecule has 104 valence electrons. The predicted octanol–water partition coefficient (Wildman–Crippen LogP) is 1.97. The van der Waals surface area contributed by atoms with Crippen molar-refractivity contribution in [3.05, 3.63) is 42.4 Å². The van der Waals surface area contributed by atoms with Gasteiger partial charge in [-0.2, -0.15) is 0 Å². The molecule has 0 amide bonds. The highest BCUT2D eigenvalue weighted by Gasteiger charge is 2.19. The van der Waals surface area contributed by atoms with Crippen molar-refractivity contribution in [2.75, 3.05) is 20.6 Å². The number of hydrogen-bond acceptors (Lipinski definition) is 4. The fourth-order valence-electron chi connectivity index (χ4n) is 2.19. The summed E-state index contributed by atoms with van der Waals surface area (Å²) < 4.78 is 7.54. The van der Waals surface area contributed by atoms with E-state index < -0.39 is 0 Å². The molecule has 0 aromatic carbocycles. The highest BCUT2D eigenvalue weighted by molar-refractivity contribution is 5.06. The summed E-state index contributed by atoms with van der Waals surface area (Å²) in [6, 6.07) is 4.36.